The normalized spacial score (nSPS) is 37.7. The number of hydrogen-bond donors (Lipinski definition) is 0. The Morgan fingerprint density at radius 1 is 1.16 bits per heavy atom. The molecule has 2 aliphatic rings. The first-order valence-electron chi connectivity index (χ1n) is 9.89. The smallest absolute Gasteiger partial charge is 0.147 e. The SMILES string of the molecule is COCO[C@]1(C)CCC2C(C)(C)CCC[C@]2(C)[C@H]1Cc1occc1C. The Hall–Kier alpha value is -0.800. The molecule has 2 fully saturated rings. The van der Waals surface area contributed by atoms with Crippen molar-refractivity contribution in [1.29, 1.82) is 0 Å². The maximum absolute atomic E-state index is 6.34. The highest BCUT2D eigenvalue weighted by Gasteiger charge is 2.59. The second kappa shape index (κ2) is 6.74. The topological polar surface area (TPSA) is 31.6 Å². The van der Waals surface area contributed by atoms with Gasteiger partial charge in [0.2, 0.25) is 0 Å². The summed E-state index contributed by atoms with van der Waals surface area (Å²) in [5.41, 5.74) is 1.79. The summed E-state index contributed by atoms with van der Waals surface area (Å²) in [5, 5.41) is 0. The third-order valence-electron chi connectivity index (χ3n) is 7.60. The molecule has 2 aliphatic carbocycles. The van der Waals surface area contributed by atoms with Gasteiger partial charge in [-0.25, -0.2) is 0 Å². The van der Waals surface area contributed by atoms with Crippen LogP contribution in [0.1, 0.15) is 71.1 Å². The van der Waals surface area contributed by atoms with Gasteiger partial charge in [0, 0.05) is 19.4 Å². The molecule has 2 saturated carbocycles. The maximum atomic E-state index is 6.34. The molecule has 0 aliphatic heterocycles. The summed E-state index contributed by atoms with van der Waals surface area (Å²) in [5.74, 6) is 2.31. The van der Waals surface area contributed by atoms with E-state index in [1.165, 1.54) is 31.2 Å². The molecule has 3 rings (SSSR count). The van der Waals surface area contributed by atoms with E-state index in [9.17, 15) is 0 Å². The van der Waals surface area contributed by atoms with Crippen molar-refractivity contribution in [3.8, 4) is 0 Å². The molecule has 0 spiro atoms. The van der Waals surface area contributed by atoms with E-state index in [0.717, 1.165) is 24.5 Å². The van der Waals surface area contributed by atoms with Crippen LogP contribution in [-0.2, 0) is 15.9 Å². The molecule has 1 heterocycles. The Labute approximate surface area is 153 Å². The predicted molar refractivity (Wildman–Crippen MR) is 100 cm³/mol. The lowest BCUT2D eigenvalue weighted by Gasteiger charge is -2.62. The molecule has 1 aromatic rings. The van der Waals surface area contributed by atoms with E-state index in [1.807, 2.05) is 6.26 Å². The van der Waals surface area contributed by atoms with Gasteiger partial charge in [-0.15, -0.1) is 0 Å². The van der Waals surface area contributed by atoms with Crippen LogP contribution in [0, 0.1) is 29.6 Å². The number of methoxy groups -OCH3 is 1. The third kappa shape index (κ3) is 3.30. The molecule has 3 heteroatoms. The molecule has 1 aromatic heterocycles. The van der Waals surface area contributed by atoms with E-state index in [4.69, 9.17) is 13.9 Å². The van der Waals surface area contributed by atoms with Gasteiger partial charge in [-0.05, 0) is 67.9 Å². The molecule has 142 valence electrons. The first-order chi connectivity index (χ1) is 11.7. The first kappa shape index (κ1) is 19.0. The minimum Gasteiger partial charge on any atom is -0.469 e. The van der Waals surface area contributed by atoms with Crippen LogP contribution in [0.25, 0.3) is 0 Å². The first-order valence-corrected chi connectivity index (χ1v) is 9.89. The molecule has 25 heavy (non-hydrogen) atoms. The lowest BCUT2D eigenvalue weighted by molar-refractivity contribution is -0.220. The Bertz CT molecular complexity index is 590. The predicted octanol–water partition coefficient (Wildman–Crippen LogP) is 5.75. The molecule has 0 aromatic carbocycles. The van der Waals surface area contributed by atoms with E-state index in [0.29, 0.717) is 18.1 Å². The van der Waals surface area contributed by atoms with Crippen molar-refractivity contribution in [3.05, 3.63) is 23.7 Å². The molecule has 1 unspecified atom stereocenters. The zero-order chi connectivity index (χ0) is 18.3. The van der Waals surface area contributed by atoms with E-state index in [2.05, 4.69) is 40.7 Å². The molecule has 0 N–H and O–H groups in total. The van der Waals surface area contributed by atoms with Gasteiger partial charge in [0.1, 0.15) is 12.6 Å². The van der Waals surface area contributed by atoms with Crippen molar-refractivity contribution in [2.24, 2.45) is 22.7 Å². The van der Waals surface area contributed by atoms with Crippen LogP contribution < -0.4 is 0 Å². The fourth-order valence-electron chi connectivity index (χ4n) is 6.22. The average Bonchev–Trinajstić information content (AvgIpc) is 2.93. The van der Waals surface area contributed by atoms with Crippen molar-refractivity contribution in [2.45, 2.75) is 78.7 Å². The van der Waals surface area contributed by atoms with Gasteiger partial charge in [0.05, 0.1) is 11.9 Å². The number of hydrogen-bond acceptors (Lipinski definition) is 3. The number of aryl methyl sites for hydroxylation is 1. The van der Waals surface area contributed by atoms with E-state index >= 15 is 0 Å². The van der Waals surface area contributed by atoms with Gasteiger partial charge >= 0.3 is 0 Å². The Morgan fingerprint density at radius 3 is 2.56 bits per heavy atom. The Balaban J connectivity index is 1.98. The minimum absolute atomic E-state index is 0.159. The Morgan fingerprint density at radius 2 is 1.92 bits per heavy atom. The summed E-state index contributed by atoms with van der Waals surface area (Å²) in [7, 11) is 1.71. The lowest BCUT2D eigenvalue weighted by atomic mass is 9.45. The van der Waals surface area contributed by atoms with Crippen molar-refractivity contribution < 1.29 is 13.9 Å². The zero-order valence-corrected chi connectivity index (χ0v) is 17.0. The summed E-state index contributed by atoms with van der Waals surface area (Å²) >= 11 is 0. The highest BCUT2D eigenvalue weighted by molar-refractivity contribution is 5.18. The zero-order valence-electron chi connectivity index (χ0n) is 17.0. The molecule has 0 amide bonds. The monoisotopic (exact) mass is 348 g/mol. The van der Waals surface area contributed by atoms with Gasteiger partial charge in [-0.1, -0.05) is 27.2 Å². The minimum atomic E-state index is -0.159. The second-order valence-corrected chi connectivity index (χ2v) is 9.59. The Kier molecular flexibility index (Phi) is 5.11. The molecule has 0 bridgehead atoms. The fraction of sp³-hybridized carbons (Fsp3) is 0.818. The van der Waals surface area contributed by atoms with E-state index < -0.39 is 0 Å². The second-order valence-electron chi connectivity index (χ2n) is 9.59. The molecule has 3 nitrogen and oxygen atoms in total. The van der Waals surface area contributed by atoms with Crippen LogP contribution in [0.2, 0.25) is 0 Å². The summed E-state index contributed by atoms with van der Waals surface area (Å²) in [4.78, 5) is 0. The quantitative estimate of drug-likeness (QED) is 0.635. The fourth-order valence-corrected chi connectivity index (χ4v) is 6.22. The van der Waals surface area contributed by atoms with Crippen LogP contribution in [0.4, 0.5) is 0 Å². The van der Waals surface area contributed by atoms with Gasteiger partial charge < -0.3 is 13.9 Å². The van der Waals surface area contributed by atoms with Gasteiger partial charge in [0.25, 0.3) is 0 Å². The van der Waals surface area contributed by atoms with Gasteiger partial charge in [-0.3, -0.25) is 0 Å². The maximum Gasteiger partial charge on any atom is 0.147 e. The summed E-state index contributed by atoms with van der Waals surface area (Å²) in [6, 6.07) is 2.08. The van der Waals surface area contributed by atoms with Crippen LogP contribution in [0.15, 0.2) is 16.7 Å². The van der Waals surface area contributed by atoms with Crippen molar-refractivity contribution in [1.82, 2.24) is 0 Å². The molecule has 0 saturated heterocycles. The van der Waals surface area contributed by atoms with E-state index in [1.54, 1.807) is 7.11 Å². The van der Waals surface area contributed by atoms with Crippen LogP contribution in [0.5, 0.6) is 0 Å². The number of ether oxygens (including phenoxy) is 2. The number of fused-ring (bicyclic) bond motifs is 1. The van der Waals surface area contributed by atoms with Crippen LogP contribution >= 0.6 is 0 Å². The summed E-state index contributed by atoms with van der Waals surface area (Å²) in [6.07, 6.45) is 9.08. The van der Waals surface area contributed by atoms with Crippen molar-refractivity contribution in [2.75, 3.05) is 13.9 Å². The summed E-state index contributed by atoms with van der Waals surface area (Å²) in [6.45, 7) is 12.3. The van der Waals surface area contributed by atoms with Gasteiger partial charge in [0.15, 0.2) is 0 Å². The lowest BCUT2D eigenvalue weighted by Crippen LogP contribution is -2.59. The van der Waals surface area contributed by atoms with Crippen molar-refractivity contribution >= 4 is 0 Å². The van der Waals surface area contributed by atoms with Crippen LogP contribution in [-0.4, -0.2) is 19.5 Å². The summed E-state index contributed by atoms with van der Waals surface area (Å²) < 4.78 is 17.5. The average molecular weight is 349 g/mol. The van der Waals surface area contributed by atoms with Gasteiger partial charge in [-0.2, -0.15) is 0 Å². The standard InChI is InChI=1S/C22H36O3/c1-16-9-13-24-17(16)14-19-21(4)11-7-10-20(2,3)18(21)8-12-22(19,5)25-15-23-6/h9,13,18-19H,7-8,10-12,14-15H2,1-6H3/t18?,19-,21+,22-/m1/s1. The third-order valence-corrected chi connectivity index (χ3v) is 7.60. The largest absolute Gasteiger partial charge is 0.469 e. The molecule has 0 radical (unpaired) electrons. The number of furan rings is 1. The van der Waals surface area contributed by atoms with E-state index in [-0.39, 0.29) is 11.0 Å². The molecule has 4 atom stereocenters. The molecular weight excluding hydrogens is 312 g/mol. The van der Waals surface area contributed by atoms with Crippen LogP contribution in [0.3, 0.4) is 0 Å². The molecular formula is C22H36O3. The number of rotatable bonds is 5. The van der Waals surface area contributed by atoms with Crippen molar-refractivity contribution in [3.63, 3.8) is 0 Å². The highest BCUT2D eigenvalue weighted by Crippen LogP contribution is 2.63. The highest BCUT2D eigenvalue weighted by atomic mass is 16.7.